The number of rotatable bonds is 3. The molecule has 1 N–H and O–H groups in total. The van der Waals surface area contributed by atoms with E-state index in [1.54, 1.807) is 0 Å². The Kier molecular flexibility index (Phi) is 4.36. The minimum Gasteiger partial charge on any atom is -0.358 e. The van der Waals surface area contributed by atoms with Crippen LogP contribution in [0.25, 0.3) is 10.8 Å². The molecular weight excluding hydrogens is 438 g/mol. The molecular formula is C25H24BrN3O. The van der Waals surface area contributed by atoms with E-state index in [0.29, 0.717) is 12.1 Å². The van der Waals surface area contributed by atoms with Crippen molar-refractivity contribution in [3.8, 4) is 0 Å². The van der Waals surface area contributed by atoms with Crippen molar-refractivity contribution in [3.63, 3.8) is 0 Å². The average molecular weight is 462 g/mol. The molecule has 2 heterocycles. The van der Waals surface area contributed by atoms with Gasteiger partial charge < -0.3 is 10.2 Å². The van der Waals surface area contributed by atoms with Crippen LogP contribution in [0.4, 0.5) is 11.4 Å². The van der Waals surface area contributed by atoms with Crippen LogP contribution >= 0.6 is 15.9 Å². The molecule has 1 aliphatic carbocycles. The maximum Gasteiger partial charge on any atom is 0.162 e. The van der Waals surface area contributed by atoms with Crippen molar-refractivity contribution in [2.75, 3.05) is 23.3 Å². The highest BCUT2D eigenvalue weighted by Gasteiger charge is 2.38. The molecule has 0 saturated carbocycles. The van der Waals surface area contributed by atoms with E-state index in [0.717, 1.165) is 50.0 Å². The highest BCUT2D eigenvalue weighted by Crippen LogP contribution is 2.44. The Labute approximate surface area is 185 Å². The third-order valence-corrected chi connectivity index (χ3v) is 7.82. The van der Waals surface area contributed by atoms with Gasteiger partial charge in [-0.2, -0.15) is 0 Å². The van der Waals surface area contributed by atoms with E-state index in [9.17, 15) is 4.79 Å². The highest BCUT2D eigenvalue weighted by molar-refractivity contribution is 9.10. The number of hydrogen-bond acceptors (Lipinski definition) is 4. The Balaban J connectivity index is 1.23. The van der Waals surface area contributed by atoms with Crippen molar-refractivity contribution in [3.05, 3.63) is 70.2 Å². The van der Waals surface area contributed by atoms with Gasteiger partial charge in [-0.05, 0) is 59.4 Å². The van der Waals surface area contributed by atoms with Crippen molar-refractivity contribution in [2.24, 2.45) is 0 Å². The molecule has 2 unspecified atom stereocenters. The van der Waals surface area contributed by atoms with E-state index in [1.165, 1.54) is 26.4 Å². The van der Waals surface area contributed by atoms with Crippen molar-refractivity contribution in [1.82, 2.24) is 4.90 Å². The van der Waals surface area contributed by atoms with Gasteiger partial charge in [0.2, 0.25) is 0 Å². The number of hydrogen-bond donors (Lipinski definition) is 1. The molecule has 1 fully saturated rings. The largest absolute Gasteiger partial charge is 0.358 e. The summed E-state index contributed by atoms with van der Waals surface area (Å²) in [5, 5.41) is 6.14. The lowest BCUT2D eigenvalue weighted by atomic mass is 9.98. The molecule has 3 aromatic rings. The molecule has 6 rings (SSSR count). The van der Waals surface area contributed by atoms with E-state index < -0.39 is 0 Å². The molecule has 4 nitrogen and oxygen atoms in total. The van der Waals surface area contributed by atoms with Crippen LogP contribution in [0.15, 0.2) is 59.1 Å². The van der Waals surface area contributed by atoms with Gasteiger partial charge in [-0.3, -0.25) is 9.69 Å². The van der Waals surface area contributed by atoms with Crippen molar-refractivity contribution >= 4 is 44.4 Å². The second-order valence-electron chi connectivity index (χ2n) is 8.61. The van der Waals surface area contributed by atoms with Crippen LogP contribution < -0.4 is 10.2 Å². The Hall–Kier alpha value is -2.37. The van der Waals surface area contributed by atoms with Crippen molar-refractivity contribution in [2.45, 2.75) is 37.5 Å². The van der Waals surface area contributed by atoms with E-state index in [2.05, 4.69) is 79.6 Å². The molecule has 0 aromatic heterocycles. The first kappa shape index (κ1) is 18.4. The number of anilines is 2. The van der Waals surface area contributed by atoms with Crippen LogP contribution in [0.1, 0.15) is 30.0 Å². The van der Waals surface area contributed by atoms with Crippen molar-refractivity contribution in [1.29, 1.82) is 0 Å². The number of nitrogens with zero attached hydrogens (tertiary/aromatic N) is 2. The van der Waals surface area contributed by atoms with E-state index in [4.69, 9.17) is 0 Å². The number of benzene rings is 3. The summed E-state index contributed by atoms with van der Waals surface area (Å²) in [5.74, 6) is 0. The number of carbonyl (C=O) groups is 1. The summed E-state index contributed by atoms with van der Waals surface area (Å²) in [5.41, 5.74) is 5.17. The number of para-hydroxylation sites is 2. The lowest BCUT2D eigenvalue weighted by Crippen LogP contribution is -2.50. The molecule has 0 amide bonds. The number of nitrogens with one attached hydrogen (secondary N) is 1. The summed E-state index contributed by atoms with van der Waals surface area (Å²) in [6, 6.07) is 20.3. The van der Waals surface area contributed by atoms with Crippen LogP contribution in [0.2, 0.25) is 0 Å². The zero-order valence-electron chi connectivity index (χ0n) is 16.7. The quantitative estimate of drug-likeness (QED) is 0.548. The smallest absolute Gasteiger partial charge is 0.162 e. The molecule has 3 aromatic carbocycles. The molecule has 1 saturated heterocycles. The number of fused-ring (bicyclic) bond motifs is 1. The second kappa shape index (κ2) is 7.10. The minimum absolute atomic E-state index is 0.249. The zero-order chi connectivity index (χ0) is 20.2. The Morgan fingerprint density at radius 3 is 2.67 bits per heavy atom. The predicted octanol–water partition coefficient (Wildman–Crippen LogP) is 5.12. The monoisotopic (exact) mass is 461 g/mol. The topological polar surface area (TPSA) is 35.6 Å². The van der Waals surface area contributed by atoms with Crippen LogP contribution in [-0.4, -0.2) is 36.5 Å². The summed E-state index contributed by atoms with van der Waals surface area (Å²) < 4.78 is 1.18. The highest BCUT2D eigenvalue weighted by atomic mass is 79.9. The Morgan fingerprint density at radius 2 is 1.83 bits per heavy atom. The summed E-state index contributed by atoms with van der Waals surface area (Å²) in [4.78, 5) is 16.7. The lowest BCUT2D eigenvalue weighted by molar-refractivity contribution is -0.108. The van der Waals surface area contributed by atoms with Crippen LogP contribution in [-0.2, 0) is 11.2 Å². The van der Waals surface area contributed by atoms with Gasteiger partial charge in [-0.25, -0.2) is 0 Å². The fraction of sp³-hybridized carbons (Fsp3) is 0.320. The fourth-order valence-electron chi connectivity index (χ4n) is 5.76. The molecule has 0 spiro atoms. The van der Waals surface area contributed by atoms with E-state index >= 15 is 0 Å². The fourth-order valence-corrected chi connectivity index (χ4v) is 6.23. The molecule has 2 aliphatic heterocycles. The Morgan fingerprint density at radius 1 is 1.00 bits per heavy atom. The summed E-state index contributed by atoms with van der Waals surface area (Å²) in [6.45, 7) is 2.12. The molecule has 152 valence electrons. The maximum atomic E-state index is 11.7. The third kappa shape index (κ3) is 2.72. The van der Waals surface area contributed by atoms with Gasteiger partial charge in [0.05, 0.1) is 11.4 Å². The van der Waals surface area contributed by atoms with Gasteiger partial charge in [0.1, 0.15) is 0 Å². The summed E-state index contributed by atoms with van der Waals surface area (Å²) in [7, 11) is 0. The third-order valence-electron chi connectivity index (χ3n) is 7.13. The molecule has 0 radical (unpaired) electrons. The van der Waals surface area contributed by atoms with Crippen molar-refractivity contribution < 1.29 is 4.79 Å². The first-order valence-corrected chi connectivity index (χ1v) is 11.6. The van der Waals surface area contributed by atoms with Crippen LogP contribution in [0.3, 0.4) is 0 Å². The van der Waals surface area contributed by atoms with E-state index in [-0.39, 0.29) is 6.17 Å². The van der Waals surface area contributed by atoms with Gasteiger partial charge in [-0.15, -0.1) is 0 Å². The number of piperidine rings is 1. The SMILES string of the molecule is O=CC1Nc2ccccc2N1C1CCN(C2Cc3ccc(Br)c4cccc2c34)CC1. The van der Waals surface area contributed by atoms with Gasteiger partial charge >= 0.3 is 0 Å². The van der Waals surface area contributed by atoms with Gasteiger partial charge in [-0.1, -0.05) is 52.3 Å². The minimum atomic E-state index is -0.249. The molecule has 30 heavy (non-hydrogen) atoms. The average Bonchev–Trinajstić information content (AvgIpc) is 3.36. The lowest BCUT2D eigenvalue weighted by Gasteiger charge is -2.41. The number of likely N-dealkylation sites (tertiary alicyclic amines) is 1. The first-order chi connectivity index (χ1) is 14.7. The van der Waals surface area contributed by atoms with Gasteiger partial charge in [0, 0.05) is 29.6 Å². The normalized spacial score (nSPS) is 23.6. The summed E-state index contributed by atoms with van der Waals surface area (Å²) in [6.07, 6.45) is 4.04. The van der Waals surface area contributed by atoms with Crippen LogP contribution in [0, 0.1) is 0 Å². The maximum absolute atomic E-state index is 11.7. The van der Waals surface area contributed by atoms with Gasteiger partial charge in [0.15, 0.2) is 12.5 Å². The molecule has 0 bridgehead atoms. The second-order valence-corrected chi connectivity index (χ2v) is 9.47. The predicted molar refractivity (Wildman–Crippen MR) is 125 cm³/mol. The zero-order valence-corrected chi connectivity index (χ0v) is 18.3. The summed E-state index contributed by atoms with van der Waals surface area (Å²) >= 11 is 3.73. The first-order valence-electron chi connectivity index (χ1n) is 10.8. The Bertz CT molecular complexity index is 1140. The molecule has 2 atom stereocenters. The molecule has 5 heteroatoms. The van der Waals surface area contributed by atoms with Gasteiger partial charge in [0.25, 0.3) is 0 Å². The standard InChI is InChI=1S/C25H24BrN3O/c26-20-9-8-16-14-23(19-5-3-4-18(20)25(16)19)28-12-10-17(11-13-28)29-22-7-2-1-6-21(22)27-24(29)15-30/h1-9,15,17,23-24,27H,10-14H2. The number of carbonyl (C=O) groups excluding carboxylic acids is 1. The molecule has 3 aliphatic rings. The van der Waals surface area contributed by atoms with E-state index in [1.807, 2.05) is 6.07 Å². The number of halogens is 1. The van der Waals surface area contributed by atoms with Crippen LogP contribution in [0.5, 0.6) is 0 Å². The number of aldehydes is 1.